The fourth-order valence-electron chi connectivity index (χ4n) is 2.81. The maximum absolute atomic E-state index is 13.1. The van der Waals surface area contributed by atoms with Crippen molar-refractivity contribution in [3.8, 4) is 10.4 Å². The highest BCUT2D eigenvalue weighted by Gasteiger charge is 2.19. The van der Waals surface area contributed by atoms with E-state index in [2.05, 4.69) is 0 Å². The Morgan fingerprint density at radius 1 is 1.44 bits per heavy atom. The topological polar surface area (TPSA) is 53.4 Å². The predicted molar refractivity (Wildman–Crippen MR) is 104 cm³/mol. The van der Waals surface area contributed by atoms with E-state index in [1.165, 1.54) is 11.3 Å². The minimum absolute atomic E-state index is 0.0487. The fourth-order valence-corrected chi connectivity index (χ4v) is 5.74. The van der Waals surface area contributed by atoms with Crippen LogP contribution in [0.3, 0.4) is 0 Å². The van der Waals surface area contributed by atoms with Crippen LogP contribution >= 0.6 is 34.4 Å². The predicted octanol–water partition coefficient (Wildman–Crippen LogP) is 4.06. The smallest absolute Gasteiger partial charge is 0.263 e. The van der Waals surface area contributed by atoms with Crippen molar-refractivity contribution in [2.24, 2.45) is 0 Å². The lowest BCUT2D eigenvalue weighted by Gasteiger charge is -2.22. The molecule has 25 heavy (non-hydrogen) atoms. The van der Waals surface area contributed by atoms with Gasteiger partial charge < -0.3 is 9.47 Å². The van der Waals surface area contributed by atoms with E-state index in [1.54, 1.807) is 27.7 Å². The van der Waals surface area contributed by atoms with Gasteiger partial charge in [-0.15, -0.1) is 22.7 Å². The lowest BCUT2D eigenvalue weighted by molar-refractivity contribution is -0.130. The van der Waals surface area contributed by atoms with Crippen molar-refractivity contribution < 1.29 is 9.47 Å². The summed E-state index contributed by atoms with van der Waals surface area (Å²) in [5.74, 6) is 0.782. The normalized spacial score (nSPS) is 18.0. The van der Waals surface area contributed by atoms with Crippen molar-refractivity contribution >= 4 is 44.7 Å². The molecule has 5 nitrogen and oxygen atoms in total. The van der Waals surface area contributed by atoms with Crippen LogP contribution in [0, 0.1) is 0 Å². The fraction of sp³-hybridized carbons (Fsp3) is 0.412. The van der Waals surface area contributed by atoms with E-state index in [0.29, 0.717) is 13.3 Å². The maximum Gasteiger partial charge on any atom is 0.263 e. The van der Waals surface area contributed by atoms with Crippen LogP contribution in [-0.2, 0) is 16.0 Å². The Hall–Kier alpha value is -1.19. The van der Waals surface area contributed by atoms with E-state index < -0.39 is 0 Å². The third kappa shape index (κ3) is 3.41. The monoisotopic (exact) mass is 394 g/mol. The average Bonchev–Trinajstić information content (AvgIpc) is 3.30. The highest BCUT2D eigenvalue weighted by atomic mass is 32.2. The summed E-state index contributed by atoms with van der Waals surface area (Å²) in [5, 5.41) is 5.58. The van der Waals surface area contributed by atoms with E-state index in [0.717, 1.165) is 44.6 Å². The molecule has 132 valence electrons. The first-order valence-corrected chi connectivity index (χ1v) is 10.9. The Morgan fingerprint density at radius 2 is 2.36 bits per heavy atom. The molecule has 4 heterocycles. The summed E-state index contributed by atoms with van der Waals surface area (Å²) in [7, 11) is 0. The number of rotatable bonds is 5. The summed E-state index contributed by atoms with van der Waals surface area (Å²) in [6.07, 6.45) is 1.04. The molecule has 1 saturated heterocycles. The van der Waals surface area contributed by atoms with Crippen LogP contribution in [-0.4, -0.2) is 34.8 Å². The molecule has 0 N–H and O–H groups in total. The molecule has 0 saturated carbocycles. The van der Waals surface area contributed by atoms with Crippen LogP contribution in [0.2, 0.25) is 0 Å². The molecule has 4 rings (SSSR count). The van der Waals surface area contributed by atoms with Crippen molar-refractivity contribution in [3.05, 3.63) is 33.2 Å². The molecule has 1 atom stereocenters. The Balaban J connectivity index is 1.69. The second-order valence-electron chi connectivity index (χ2n) is 5.67. The molecular formula is C17H18N2O3S3. The quantitative estimate of drug-likeness (QED) is 0.482. The van der Waals surface area contributed by atoms with E-state index >= 15 is 0 Å². The van der Waals surface area contributed by atoms with E-state index in [9.17, 15) is 4.79 Å². The van der Waals surface area contributed by atoms with Gasteiger partial charge in [0.1, 0.15) is 11.6 Å². The van der Waals surface area contributed by atoms with Gasteiger partial charge in [-0.05, 0) is 24.8 Å². The molecule has 0 spiro atoms. The van der Waals surface area contributed by atoms with Gasteiger partial charge in [-0.2, -0.15) is 0 Å². The standard InChI is InChI=1S/C17H18N2O3S3/c1-2-19-16(20)14-12(13-4-3-7-23-13)9-24-15(14)18-17(19)25-8-11-5-6-21-10-22-11/h3-4,7,9,11H,2,5-6,8,10H2,1H3/t11-/m0/s1. The second kappa shape index (κ2) is 7.59. The molecule has 8 heteroatoms. The van der Waals surface area contributed by atoms with Crippen LogP contribution in [0.25, 0.3) is 20.7 Å². The van der Waals surface area contributed by atoms with Gasteiger partial charge in [0.05, 0.1) is 18.1 Å². The van der Waals surface area contributed by atoms with Crippen LogP contribution in [0.1, 0.15) is 13.3 Å². The van der Waals surface area contributed by atoms with Crippen molar-refractivity contribution in [1.29, 1.82) is 0 Å². The number of aromatic nitrogens is 2. The minimum Gasteiger partial charge on any atom is -0.355 e. The number of thioether (sulfide) groups is 1. The van der Waals surface area contributed by atoms with Gasteiger partial charge in [0.2, 0.25) is 0 Å². The lowest BCUT2D eigenvalue weighted by Crippen LogP contribution is -2.27. The number of fused-ring (bicyclic) bond motifs is 1. The third-order valence-corrected chi connectivity index (χ3v) is 7.01. The Morgan fingerprint density at radius 3 is 3.08 bits per heavy atom. The van der Waals surface area contributed by atoms with Gasteiger partial charge in [-0.3, -0.25) is 9.36 Å². The molecule has 0 bridgehead atoms. The summed E-state index contributed by atoms with van der Waals surface area (Å²) in [6, 6.07) is 4.06. The van der Waals surface area contributed by atoms with E-state index in [1.807, 2.05) is 29.8 Å². The van der Waals surface area contributed by atoms with Crippen molar-refractivity contribution in [2.75, 3.05) is 19.2 Å². The number of ether oxygens (including phenoxy) is 2. The number of thiophene rings is 2. The SMILES string of the molecule is CCn1c(SC[C@@H]2CCOCO2)nc2scc(-c3cccs3)c2c1=O. The molecule has 1 aliphatic heterocycles. The van der Waals surface area contributed by atoms with Gasteiger partial charge in [-0.1, -0.05) is 17.8 Å². The molecular weight excluding hydrogens is 376 g/mol. The molecule has 1 aliphatic rings. The van der Waals surface area contributed by atoms with Crippen molar-refractivity contribution in [1.82, 2.24) is 9.55 Å². The number of hydrogen-bond donors (Lipinski definition) is 0. The van der Waals surface area contributed by atoms with Gasteiger partial charge in [-0.25, -0.2) is 4.98 Å². The molecule has 1 fully saturated rings. The van der Waals surface area contributed by atoms with Crippen LogP contribution in [0.15, 0.2) is 32.8 Å². The zero-order chi connectivity index (χ0) is 17.2. The van der Waals surface area contributed by atoms with Gasteiger partial charge in [0, 0.05) is 28.1 Å². The van der Waals surface area contributed by atoms with Gasteiger partial charge >= 0.3 is 0 Å². The van der Waals surface area contributed by atoms with Gasteiger partial charge in [0.15, 0.2) is 5.16 Å². The largest absolute Gasteiger partial charge is 0.355 e. The Labute approximate surface area is 157 Å². The second-order valence-corrected chi connectivity index (χ2v) is 8.46. The number of nitrogens with zero attached hydrogens (tertiary/aromatic N) is 2. The van der Waals surface area contributed by atoms with Crippen molar-refractivity contribution in [3.63, 3.8) is 0 Å². The molecule has 3 aromatic rings. The zero-order valence-electron chi connectivity index (χ0n) is 13.8. The summed E-state index contributed by atoms with van der Waals surface area (Å²) in [4.78, 5) is 19.8. The van der Waals surface area contributed by atoms with E-state index in [-0.39, 0.29) is 11.7 Å². The molecule has 0 aromatic carbocycles. The minimum atomic E-state index is 0.0487. The summed E-state index contributed by atoms with van der Waals surface area (Å²) >= 11 is 4.78. The average molecular weight is 395 g/mol. The van der Waals surface area contributed by atoms with Gasteiger partial charge in [0.25, 0.3) is 5.56 Å². The van der Waals surface area contributed by atoms with Crippen molar-refractivity contribution in [2.45, 2.75) is 31.1 Å². The molecule has 0 amide bonds. The summed E-state index contributed by atoms with van der Waals surface area (Å²) in [6.45, 7) is 3.68. The first kappa shape index (κ1) is 17.2. The highest BCUT2D eigenvalue weighted by Crippen LogP contribution is 2.34. The summed E-state index contributed by atoms with van der Waals surface area (Å²) < 4.78 is 12.6. The van der Waals surface area contributed by atoms with Crippen LogP contribution in [0.5, 0.6) is 0 Å². The molecule has 0 unspecified atom stereocenters. The Bertz CT molecular complexity index is 911. The summed E-state index contributed by atoms with van der Waals surface area (Å²) in [5.41, 5.74) is 1.05. The zero-order valence-corrected chi connectivity index (χ0v) is 16.2. The first-order valence-electron chi connectivity index (χ1n) is 8.16. The third-order valence-electron chi connectivity index (χ3n) is 4.13. The Kier molecular flexibility index (Phi) is 5.23. The van der Waals surface area contributed by atoms with E-state index in [4.69, 9.17) is 14.5 Å². The first-order chi connectivity index (χ1) is 12.3. The highest BCUT2D eigenvalue weighted by molar-refractivity contribution is 7.99. The van der Waals surface area contributed by atoms with Crippen LogP contribution < -0.4 is 5.56 Å². The molecule has 3 aromatic heterocycles. The lowest BCUT2D eigenvalue weighted by atomic mass is 10.2. The van der Waals surface area contributed by atoms with Crippen LogP contribution in [0.4, 0.5) is 0 Å². The molecule has 0 radical (unpaired) electrons. The molecule has 0 aliphatic carbocycles. The maximum atomic E-state index is 13.1. The number of hydrogen-bond acceptors (Lipinski definition) is 7.